The fraction of sp³-hybridized carbons (Fsp3) is 0.818. The molecule has 1 fully saturated rings. The van der Waals surface area contributed by atoms with Gasteiger partial charge in [0.25, 0.3) is 0 Å². The Bertz CT molecular complexity index is 321. The molecule has 1 aliphatic carbocycles. The van der Waals surface area contributed by atoms with E-state index in [1.54, 1.807) is 0 Å². The summed E-state index contributed by atoms with van der Waals surface area (Å²) in [5.41, 5.74) is 0. The molecule has 1 aromatic rings. The van der Waals surface area contributed by atoms with Gasteiger partial charge in [0.05, 0.1) is 0 Å². The van der Waals surface area contributed by atoms with Crippen LogP contribution in [0.1, 0.15) is 51.8 Å². The lowest BCUT2D eigenvalue weighted by atomic mass is 10.1. The van der Waals surface area contributed by atoms with E-state index in [0.717, 1.165) is 16.9 Å². The predicted octanol–water partition coefficient (Wildman–Crippen LogP) is 3.26. The van der Waals surface area contributed by atoms with Gasteiger partial charge in [-0.05, 0) is 39.0 Å². The van der Waals surface area contributed by atoms with Crippen LogP contribution in [0.3, 0.4) is 0 Å². The van der Waals surface area contributed by atoms with E-state index < -0.39 is 0 Å². The number of hydrogen-bond acceptors (Lipinski definition) is 4. The third-order valence-electron chi connectivity index (χ3n) is 2.91. The molecule has 3 nitrogen and oxygen atoms in total. The lowest BCUT2D eigenvalue weighted by Crippen LogP contribution is -2.09. The summed E-state index contributed by atoms with van der Waals surface area (Å²) in [6, 6.07) is 0.438. The maximum Gasteiger partial charge on any atom is 0.202 e. The van der Waals surface area contributed by atoms with Crippen molar-refractivity contribution < 1.29 is 0 Å². The normalized spacial score (nSPS) is 26.1. The van der Waals surface area contributed by atoms with Crippen LogP contribution in [0.15, 0.2) is 0 Å². The smallest absolute Gasteiger partial charge is 0.202 e. The van der Waals surface area contributed by atoms with Crippen LogP contribution in [0.2, 0.25) is 0 Å². The summed E-state index contributed by atoms with van der Waals surface area (Å²) >= 11 is 1.49. The second-order valence-electron chi connectivity index (χ2n) is 4.87. The van der Waals surface area contributed by atoms with Crippen molar-refractivity contribution in [1.29, 1.82) is 0 Å². The van der Waals surface area contributed by atoms with Gasteiger partial charge in [0.15, 0.2) is 0 Å². The van der Waals surface area contributed by atoms with Gasteiger partial charge in [-0.15, -0.1) is 0 Å². The molecule has 0 aliphatic heterocycles. The highest BCUT2D eigenvalue weighted by atomic mass is 32.1. The molecule has 1 saturated carbocycles. The molecule has 1 aromatic heterocycles. The van der Waals surface area contributed by atoms with Crippen LogP contribution in [0.5, 0.6) is 0 Å². The molecule has 2 unspecified atom stereocenters. The molecule has 0 spiro atoms. The van der Waals surface area contributed by atoms with Crippen LogP contribution in [0.25, 0.3) is 0 Å². The van der Waals surface area contributed by atoms with Crippen LogP contribution >= 0.6 is 11.5 Å². The molecule has 0 saturated heterocycles. The standard InChI is InChI=1S/C11H19N3S/c1-7(2)12-11-13-10(14-15-11)9-5-4-8(3)6-9/h7-9H,4-6H2,1-3H3,(H,12,13,14). The first-order valence-corrected chi connectivity index (χ1v) is 6.52. The van der Waals surface area contributed by atoms with Gasteiger partial charge >= 0.3 is 0 Å². The average molecular weight is 225 g/mol. The zero-order chi connectivity index (χ0) is 10.8. The van der Waals surface area contributed by atoms with Gasteiger partial charge < -0.3 is 5.32 Å². The summed E-state index contributed by atoms with van der Waals surface area (Å²) in [5, 5.41) is 4.28. The fourth-order valence-corrected chi connectivity index (χ4v) is 2.94. The Hall–Kier alpha value is -0.640. The third-order valence-corrected chi connectivity index (χ3v) is 3.57. The fourth-order valence-electron chi connectivity index (χ4n) is 2.15. The summed E-state index contributed by atoms with van der Waals surface area (Å²) < 4.78 is 4.45. The van der Waals surface area contributed by atoms with Crippen molar-refractivity contribution in [1.82, 2.24) is 9.36 Å². The summed E-state index contributed by atoms with van der Waals surface area (Å²) in [5.74, 6) is 2.52. The summed E-state index contributed by atoms with van der Waals surface area (Å²) in [7, 11) is 0. The predicted molar refractivity (Wildman–Crippen MR) is 64.4 cm³/mol. The van der Waals surface area contributed by atoms with Crippen molar-refractivity contribution >= 4 is 16.7 Å². The molecule has 0 amide bonds. The van der Waals surface area contributed by atoms with E-state index in [2.05, 4.69) is 35.4 Å². The maximum atomic E-state index is 4.56. The SMILES string of the molecule is CC1CCC(c2nsc(NC(C)C)n2)C1. The van der Waals surface area contributed by atoms with Crippen LogP contribution in [-0.4, -0.2) is 15.4 Å². The monoisotopic (exact) mass is 225 g/mol. The van der Waals surface area contributed by atoms with E-state index in [0.29, 0.717) is 12.0 Å². The van der Waals surface area contributed by atoms with Crippen molar-refractivity contribution in [3.05, 3.63) is 5.82 Å². The van der Waals surface area contributed by atoms with Gasteiger partial charge in [0.1, 0.15) is 5.82 Å². The number of nitrogens with one attached hydrogen (secondary N) is 1. The second-order valence-corrected chi connectivity index (χ2v) is 5.62. The first-order chi connectivity index (χ1) is 7.15. The molecule has 15 heavy (non-hydrogen) atoms. The summed E-state index contributed by atoms with van der Waals surface area (Å²) in [4.78, 5) is 4.56. The Morgan fingerprint density at radius 3 is 2.80 bits per heavy atom. The highest BCUT2D eigenvalue weighted by Crippen LogP contribution is 2.37. The Labute approximate surface area is 95.5 Å². The Morgan fingerprint density at radius 1 is 1.40 bits per heavy atom. The van der Waals surface area contributed by atoms with Gasteiger partial charge in [-0.3, -0.25) is 0 Å². The van der Waals surface area contributed by atoms with Crippen molar-refractivity contribution in [3.63, 3.8) is 0 Å². The lowest BCUT2D eigenvalue weighted by molar-refractivity contribution is 0.588. The zero-order valence-corrected chi connectivity index (χ0v) is 10.5. The topological polar surface area (TPSA) is 37.8 Å². The van der Waals surface area contributed by atoms with Gasteiger partial charge in [0, 0.05) is 23.5 Å². The van der Waals surface area contributed by atoms with Gasteiger partial charge in [-0.1, -0.05) is 6.92 Å². The molecule has 2 rings (SSSR count). The zero-order valence-electron chi connectivity index (χ0n) is 9.66. The molecular formula is C11H19N3S. The molecular weight excluding hydrogens is 206 g/mol. The minimum absolute atomic E-state index is 0.438. The number of nitrogens with zero attached hydrogens (tertiary/aromatic N) is 2. The number of anilines is 1. The van der Waals surface area contributed by atoms with Gasteiger partial charge in [-0.25, -0.2) is 4.98 Å². The van der Waals surface area contributed by atoms with Crippen molar-refractivity contribution in [3.8, 4) is 0 Å². The second kappa shape index (κ2) is 4.47. The molecule has 4 heteroatoms. The van der Waals surface area contributed by atoms with E-state index in [1.807, 2.05) is 0 Å². The molecule has 1 heterocycles. The molecule has 0 aromatic carbocycles. The molecule has 2 atom stereocenters. The average Bonchev–Trinajstić information content (AvgIpc) is 2.72. The highest BCUT2D eigenvalue weighted by molar-refractivity contribution is 7.09. The van der Waals surface area contributed by atoms with Crippen LogP contribution in [0, 0.1) is 5.92 Å². The molecule has 1 aliphatic rings. The largest absolute Gasteiger partial charge is 0.358 e. The van der Waals surface area contributed by atoms with Gasteiger partial charge in [-0.2, -0.15) is 4.37 Å². The van der Waals surface area contributed by atoms with E-state index in [1.165, 1.54) is 30.8 Å². The van der Waals surface area contributed by atoms with E-state index in [4.69, 9.17) is 0 Å². The molecule has 0 radical (unpaired) electrons. The Morgan fingerprint density at radius 2 is 2.20 bits per heavy atom. The van der Waals surface area contributed by atoms with Crippen molar-refractivity contribution in [2.24, 2.45) is 5.92 Å². The van der Waals surface area contributed by atoms with Crippen molar-refractivity contribution in [2.45, 2.75) is 52.0 Å². The van der Waals surface area contributed by atoms with E-state index in [-0.39, 0.29) is 0 Å². The molecule has 1 N–H and O–H groups in total. The van der Waals surface area contributed by atoms with E-state index >= 15 is 0 Å². The number of hydrogen-bond donors (Lipinski definition) is 1. The molecule has 84 valence electrons. The minimum Gasteiger partial charge on any atom is -0.358 e. The van der Waals surface area contributed by atoms with Crippen LogP contribution in [-0.2, 0) is 0 Å². The van der Waals surface area contributed by atoms with E-state index in [9.17, 15) is 0 Å². The Balaban J connectivity index is 2.00. The minimum atomic E-state index is 0.438. The number of rotatable bonds is 3. The quantitative estimate of drug-likeness (QED) is 0.858. The van der Waals surface area contributed by atoms with Gasteiger partial charge in [0.2, 0.25) is 5.13 Å². The summed E-state index contributed by atoms with van der Waals surface area (Å²) in [6.45, 7) is 6.57. The van der Waals surface area contributed by atoms with Crippen molar-refractivity contribution in [2.75, 3.05) is 5.32 Å². The first-order valence-electron chi connectivity index (χ1n) is 5.75. The van der Waals surface area contributed by atoms with Crippen LogP contribution < -0.4 is 5.32 Å². The maximum absolute atomic E-state index is 4.56. The molecule has 0 bridgehead atoms. The first kappa shape index (κ1) is 10.9. The number of aromatic nitrogens is 2. The Kier molecular flexibility index (Phi) is 3.24. The summed E-state index contributed by atoms with van der Waals surface area (Å²) in [6.07, 6.45) is 3.85. The van der Waals surface area contributed by atoms with Crippen LogP contribution in [0.4, 0.5) is 5.13 Å². The lowest BCUT2D eigenvalue weighted by Gasteiger charge is -2.05. The third kappa shape index (κ3) is 2.68. The highest BCUT2D eigenvalue weighted by Gasteiger charge is 2.25.